The van der Waals surface area contributed by atoms with Gasteiger partial charge in [0.2, 0.25) is 0 Å². The van der Waals surface area contributed by atoms with Gasteiger partial charge in [0, 0.05) is 6.42 Å². The Bertz CT molecular complexity index is 394. The molecular formula is C22H38O2. The molecule has 2 heteroatoms. The molecule has 2 bridgehead atoms. The second kappa shape index (κ2) is 9.63. The third-order valence-electron chi connectivity index (χ3n) is 6.18. The summed E-state index contributed by atoms with van der Waals surface area (Å²) in [6.07, 6.45) is 20.7. The molecule has 2 nitrogen and oxygen atoms in total. The largest absolute Gasteiger partial charge is 0.481 e. The number of carboxylic acids is 1. The number of carbonyl (C=O) groups is 1. The van der Waals surface area contributed by atoms with Gasteiger partial charge in [-0.1, -0.05) is 51.7 Å². The van der Waals surface area contributed by atoms with Crippen LogP contribution >= 0.6 is 0 Å². The van der Waals surface area contributed by atoms with Crippen LogP contribution in [0, 0.1) is 23.2 Å². The fourth-order valence-electron chi connectivity index (χ4n) is 5.38. The molecule has 2 aliphatic rings. The molecular weight excluding hydrogens is 296 g/mol. The monoisotopic (exact) mass is 334 g/mol. The Morgan fingerprint density at radius 1 is 1.00 bits per heavy atom. The molecule has 2 saturated carbocycles. The smallest absolute Gasteiger partial charge is 0.303 e. The first-order valence-corrected chi connectivity index (χ1v) is 10.4. The topological polar surface area (TPSA) is 37.3 Å². The number of unbranched alkanes of at least 4 members (excludes halogenated alkanes) is 6. The van der Waals surface area contributed by atoms with Crippen molar-refractivity contribution < 1.29 is 9.90 Å². The molecule has 0 amide bonds. The zero-order valence-corrected chi connectivity index (χ0v) is 15.9. The molecule has 2 unspecified atom stereocenters. The zero-order chi connectivity index (χ0) is 17.4. The number of rotatable bonds is 10. The van der Waals surface area contributed by atoms with Crippen molar-refractivity contribution in [2.75, 3.05) is 0 Å². The van der Waals surface area contributed by atoms with Crippen LogP contribution in [-0.4, -0.2) is 11.1 Å². The molecule has 0 radical (unpaired) electrons. The number of aliphatic carboxylic acids is 1. The second-order valence-corrected chi connectivity index (χ2v) is 9.06. The van der Waals surface area contributed by atoms with Crippen LogP contribution in [0.4, 0.5) is 0 Å². The minimum Gasteiger partial charge on any atom is -0.481 e. The molecule has 0 aromatic carbocycles. The Hall–Kier alpha value is -0.790. The molecule has 138 valence electrons. The van der Waals surface area contributed by atoms with Crippen molar-refractivity contribution in [2.24, 2.45) is 23.2 Å². The molecule has 2 fully saturated rings. The van der Waals surface area contributed by atoms with Crippen LogP contribution in [0.15, 0.2) is 12.2 Å². The summed E-state index contributed by atoms with van der Waals surface area (Å²) < 4.78 is 0. The molecule has 2 atom stereocenters. The number of allylic oxidation sites excluding steroid dienone is 2. The molecule has 0 aromatic rings. The van der Waals surface area contributed by atoms with E-state index < -0.39 is 5.97 Å². The first-order valence-electron chi connectivity index (χ1n) is 10.4. The highest BCUT2D eigenvalue weighted by Crippen LogP contribution is 2.50. The third-order valence-corrected chi connectivity index (χ3v) is 6.18. The average molecular weight is 335 g/mol. The SMILES string of the molecule is CC1CC2CC(C1)CC(C)(/C=C/CCCCCCCCC(=O)O)C2. The van der Waals surface area contributed by atoms with Crippen LogP contribution in [0.1, 0.15) is 97.3 Å². The zero-order valence-electron chi connectivity index (χ0n) is 15.9. The van der Waals surface area contributed by atoms with Crippen LogP contribution < -0.4 is 0 Å². The van der Waals surface area contributed by atoms with Crippen LogP contribution in [0.2, 0.25) is 0 Å². The molecule has 0 saturated heterocycles. The standard InChI is InChI=1S/C22H38O2/c1-18-13-19-15-20(14-18)17-22(2,16-19)12-10-8-6-4-3-5-7-9-11-21(23)24/h10,12,18-20H,3-9,11,13-17H2,1-2H3,(H,23,24)/b12-10+. The normalized spacial score (nSPS) is 33.0. The van der Waals surface area contributed by atoms with Crippen LogP contribution in [-0.2, 0) is 4.79 Å². The van der Waals surface area contributed by atoms with E-state index in [1.165, 1.54) is 64.2 Å². The Morgan fingerprint density at radius 2 is 1.58 bits per heavy atom. The summed E-state index contributed by atoms with van der Waals surface area (Å²) in [4.78, 5) is 10.4. The van der Waals surface area contributed by atoms with Crippen molar-refractivity contribution in [1.82, 2.24) is 0 Å². The van der Waals surface area contributed by atoms with Gasteiger partial charge < -0.3 is 5.11 Å². The van der Waals surface area contributed by atoms with E-state index in [-0.39, 0.29) is 0 Å². The third kappa shape index (κ3) is 6.99. The first kappa shape index (κ1) is 19.5. The Balaban J connectivity index is 1.55. The highest BCUT2D eigenvalue weighted by molar-refractivity contribution is 5.66. The number of hydrogen-bond acceptors (Lipinski definition) is 1. The van der Waals surface area contributed by atoms with E-state index in [4.69, 9.17) is 5.11 Å². The van der Waals surface area contributed by atoms with Crippen LogP contribution in [0.25, 0.3) is 0 Å². The van der Waals surface area contributed by atoms with Gasteiger partial charge in [0.05, 0.1) is 0 Å². The quantitative estimate of drug-likeness (QED) is 0.361. The van der Waals surface area contributed by atoms with Gasteiger partial charge in [-0.15, -0.1) is 0 Å². The summed E-state index contributed by atoms with van der Waals surface area (Å²) in [7, 11) is 0. The highest BCUT2D eigenvalue weighted by Gasteiger charge is 2.39. The van der Waals surface area contributed by atoms with Crippen molar-refractivity contribution >= 4 is 5.97 Å². The van der Waals surface area contributed by atoms with Crippen molar-refractivity contribution in [3.05, 3.63) is 12.2 Å². The summed E-state index contributed by atoms with van der Waals surface area (Å²) in [5.41, 5.74) is 0.463. The Labute approximate surface area is 149 Å². The predicted octanol–water partition coefficient (Wildman–Crippen LogP) is 6.60. The van der Waals surface area contributed by atoms with E-state index in [2.05, 4.69) is 26.0 Å². The predicted molar refractivity (Wildman–Crippen MR) is 101 cm³/mol. The molecule has 0 aromatic heterocycles. The summed E-state index contributed by atoms with van der Waals surface area (Å²) >= 11 is 0. The summed E-state index contributed by atoms with van der Waals surface area (Å²) in [6.45, 7) is 4.93. The molecule has 2 rings (SSSR count). The van der Waals surface area contributed by atoms with Gasteiger partial charge in [-0.3, -0.25) is 4.79 Å². The van der Waals surface area contributed by atoms with Crippen LogP contribution in [0.3, 0.4) is 0 Å². The average Bonchev–Trinajstić information content (AvgIpc) is 2.47. The van der Waals surface area contributed by atoms with Gasteiger partial charge in [-0.2, -0.15) is 0 Å². The van der Waals surface area contributed by atoms with E-state index in [1.807, 2.05) is 0 Å². The molecule has 0 aliphatic heterocycles. The lowest BCUT2D eigenvalue weighted by Crippen LogP contribution is -2.35. The van der Waals surface area contributed by atoms with Crippen molar-refractivity contribution in [2.45, 2.75) is 97.3 Å². The number of carboxylic acid groups (broad SMARTS) is 1. The van der Waals surface area contributed by atoms with Gasteiger partial charge in [0.25, 0.3) is 0 Å². The van der Waals surface area contributed by atoms with E-state index in [0.717, 1.165) is 30.6 Å². The van der Waals surface area contributed by atoms with Crippen molar-refractivity contribution in [3.8, 4) is 0 Å². The Kier molecular flexibility index (Phi) is 7.84. The molecule has 0 heterocycles. The maximum atomic E-state index is 10.4. The van der Waals surface area contributed by atoms with E-state index in [0.29, 0.717) is 11.8 Å². The van der Waals surface area contributed by atoms with Gasteiger partial charge in [-0.25, -0.2) is 0 Å². The fraction of sp³-hybridized carbons (Fsp3) is 0.864. The van der Waals surface area contributed by atoms with Gasteiger partial charge in [-0.05, 0) is 74.5 Å². The molecule has 24 heavy (non-hydrogen) atoms. The lowest BCUT2D eigenvalue weighted by atomic mass is 9.59. The van der Waals surface area contributed by atoms with Crippen molar-refractivity contribution in [1.29, 1.82) is 0 Å². The van der Waals surface area contributed by atoms with E-state index in [9.17, 15) is 4.79 Å². The second-order valence-electron chi connectivity index (χ2n) is 9.06. The summed E-state index contributed by atoms with van der Waals surface area (Å²) in [6, 6.07) is 0. The van der Waals surface area contributed by atoms with E-state index >= 15 is 0 Å². The fourth-order valence-corrected chi connectivity index (χ4v) is 5.38. The van der Waals surface area contributed by atoms with Gasteiger partial charge in [0.1, 0.15) is 0 Å². The first-order chi connectivity index (χ1) is 11.5. The molecule has 1 N–H and O–H groups in total. The lowest BCUT2D eigenvalue weighted by Gasteiger charge is -2.46. The maximum absolute atomic E-state index is 10.4. The lowest BCUT2D eigenvalue weighted by molar-refractivity contribution is -0.137. The molecule has 0 spiro atoms. The Morgan fingerprint density at radius 3 is 2.21 bits per heavy atom. The number of fused-ring (bicyclic) bond motifs is 2. The summed E-state index contributed by atoms with van der Waals surface area (Å²) in [5, 5.41) is 8.60. The minimum atomic E-state index is -0.657. The van der Waals surface area contributed by atoms with Crippen LogP contribution in [0.5, 0.6) is 0 Å². The van der Waals surface area contributed by atoms with Crippen molar-refractivity contribution in [3.63, 3.8) is 0 Å². The summed E-state index contributed by atoms with van der Waals surface area (Å²) in [5.74, 6) is 2.26. The number of hydrogen-bond donors (Lipinski definition) is 1. The van der Waals surface area contributed by atoms with Gasteiger partial charge >= 0.3 is 5.97 Å². The van der Waals surface area contributed by atoms with E-state index in [1.54, 1.807) is 0 Å². The van der Waals surface area contributed by atoms with Gasteiger partial charge in [0.15, 0.2) is 0 Å². The highest BCUT2D eigenvalue weighted by atomic mass is 16.4. The minimum absolute atomic E-state index is 0.335. The molecule has 2 aliphatic carbocycles. The maximum Gasteiger partial charge on any atom is 0.303 e.